The molecule has 1 aliphatic rings. The van der Waals surface area contributed by atoms with Gasteiger partial charge in [-0.3, -0.25) is 4.79 Å². The predicted octanol–water partition coefficient (Wildman–Crippen LogP) is 3.04. The van der Waals surface area contributed by atoms with Gasteiger partial charge in [0.05, 0.1) is 5.41 Å². The molecule has 0 atom stereocenters. The topological polar surface area (TPSA) is 29.1 Å². The lowest BCUT2D eigenvalue weighted by atomic mass is 9.84. The van der Waals surface area contributed by atoms with Gasteiger partial charge < -0.3 is 5.32 Å². The molecular weight excluding hydrogens is 186 g/mol. The molecule has 15 heavy (non-hydrogen) atoms. The Balaban J connectivity index is 2.63. The molecule has 1 N–H and O–H groups in total. The molecule has 0 fully saturated rings. The lowest BCUT2D eigenvalue weighted by Crippen LogP contribution is -2.26. The van der Waals surface area contributed by atoms with Crippen LogP contribution in [0, 0.1) is 0 Å². The number of fused-ring (bicyclic) bond motifs is 1. The minimum atomic E-state index is -0.389. The highest BCUT2D eigenvalue weighted by atomic mass is 16.2. The van der Waals surface area contributed by atoms with Gasteiger partial charge in [0.25, 0.3) is 0 Å². The Hall–Kier alpha value is -1.31. The molecule has 1 aliphatic heterocycles. The lowest BCUT2D eigenvalue weighted by Gasteiger charge is -2.16. The van der Waals surface area contributed by atoms with Gasteiger partial charge in [0.2, 0.25) is 5.91 Å². The summed E-state index contributed by atoms with van der Waals surface area (Å²) in [4.78, 5) is 11.8. The van der Waals surface area contributed by atoms with Crippen molar-refractivity contribution in [2.75, 3.05) is 5.32 Å². The summed E-state index contributed by atoms with van der Waals surface area (Å²) in [6, 6.07) is 6.17. The van der Waals surface area contributed by atoms with Crippen molar-refractivity contribution in [1.29, 1.82) is 0 Å². The van der Waals surface area contributed by atoms with Crippen LogP contribution in [0.2, 0.25) is 0 Å². The van der Waals surface area contributed by atoms with Gasteiger partial charge in [0.15, 0.2) is 0 Å². The van der Waals surface area contributed by atoms with Gasteiger partial charge in [0, 0.05) is 5.69 Å². The number of carbonyl (C=O) groups excluding carboxylic acids is 1. The highest BCUT2D eigenvalue weighted by molar-refractivity contribution is 6.06. The Morgan fingerprint density at radius 3 is 2.53 bits per heavy atom. The normalized spacial score (nSPS) is 17.8. The third-order valence-electron chi connectivity index (χ3n) is 3.20. The first-order valence-corrected chi connectivity index (χ1v) is 5.39. The summed E-state index contributed by atoms with van der Waals surface area (Å²) in [5.41, 5.74) is 2.99. The van der Waals surface area contributed by atoms with Crippen molar-refractivity contribution in [3.63, 3.8) is 0 Å². The summed E-state index contributed by atoms with van der Waals surface area (Å²) < 4.78 is 0. The second-order valence-corrected chi connectivity index (χ2v) is 5.00. The number of hydrogen-bond acceptors (Lipinski definition) is 1. The van der Waals surface area contributed by atoms with E-state index in [1.54, 1.807) is 0 Å². The highest BCUT2D eigenvalue weighted by Gasteiger charge is 2.39. The summed E-state index contributed by atoms with van der Waals surface area (Å²) in [7, 11) is 0. The lowest BCUT2D eigenvalue weighted by molar-refractivity contribution is -0.119. The molecule has 0 spiro atoms. The fourth-order valence-corrected chi connectivity index (χ4v) is 2.10. The molecule has 0 unspecified atom stereocenters. The maximum Gasteiger partial charge on any atom is 0.234 e. The Morgan fingerprint density at radius 1 is 1.27 bits per heavy atom. The van der Waals surface area contributed by atoms with Gasteiger partial charge in [0.1, 0.15) is 0 Å². The van der Waals surface area contributed by atoms with Crippen molar-refractivity contribution in [3.8, 4) is 0 Å². The van der Waals surface area contributed by atoms with E-state index < -0.39 is 0 Å². The Morgan fingerprint density at radius 2 is 1.93 bits per heavy atom. The zero-order valence-corrected chi connectivity index (χ0v) is 9.72. The highest BCUT2D eigenvalue weighted by Crippen LogP contribution is 2.41. The molecule has 1 heterocycles. The largest absolute Gasteiger partial charge is 0.325 e. The smallest absolute Gasteiger partial charge is 0.234 e. The van der Waals surface area contributed by atoms with E-state index in [4.69, 9.17) is 0 Å². The zero-order chi connectivity index (χ0) is 11.2. The molecule has 0 aliphatic carbocycles. The SMILES string of the molecule is CC(C)c1cccc2c1NC(=O)C2(C)C. The number of nitrogens with one attached hydrogen (secondary N) is 1. The molecule has 2 nitrogen and oxygen atoms in total. The molecule has 1 aromatic carbocycles. The molecule has 0 saturated carbocycles. The molecule has 2 rings (SSSR count). The average Bonchev–Trinajstić information content (AvgIpc) is 2.38. The molecule has 80 valence electrons. The quantitative estimate of drug-likeness (QED) is 0.746. The van der Waals surface area contributed by atoms with E-state index in [2.05, 4.69) is 25.2 Å². The average molecular weight is 203 g/mol. The van der Waals surface area contributed by atoms with Crippen molar-refractivity contribution < 1.29 is 4.79 Å². The maximum absolute atomic E-state index is 11.8. The van der Waals surface area contributed by atoms with E-state index >= 15 is 0 Å². The summed E-state index contributed by atoms with van der Waals surface area (Å²) >= 11 is 0. The van der Waals surface area contributed by atoms with Crippen molar-refractivity contribution in [2.24, 2.45) is 0 Å². The van der Waals surface area contributed by atoms with Crippen LogP contribution in [-0.2, 0) is 10.2 Å². The van der Waals surface area contributed by atoms with Crippen molar-refractivity contribution in [1.82, 2.24) is 0 Å². The van der Waals surface area contributed by atoms with Gasteiger partial charge in [-0.1, -0.05) is 32.0 Å². The third kappa shape index (κ3) is 1.36. The summed E-state index contributed by atoms with van der Waals surface area (Å²) in [5.74, 6) is 0.541. The van der Waals surface area contributed by atoms with Crippen LogP contribution in [0.15, 0.2) is 18.2 Å². The second-order valence-electron chi connectivity index (χ2n) is 5.00. The van der Waals surface area contributed by atoms with Crippen LogP contribution in [0.4, 0.5) is 5.69 Å². The van der Waals surface area contributed by atoms with E-state index in [0.717, 1.165) is 11.3 Å². The van der Waals surface area contributed by atoms with Gasteiger partial charge in [-0.25, -0.2) is 0 Å². The van der Waals surface area contributed by atoms with E-state index in [0.29, 0.717) is 5.92 Å². The van der Waals surface area contributed by atoms with Gasteiger partial charge in [-0.05, 0) is 30.9 Å². The standard InChI is InChI=1S/C13H17NO/c1-8(2)9-6-5-7-10-11(9)14-12(15)13(10,3)4/h5-8H,1-4H3,(H,14,15). The Bertz CT molecular complexity index is 419. The first-order chi connectivity index (χ1) is 6.94. The minimum Gasteiger partial charge on any atom is -0.325 e. The molecular formula is C13H17NO. The van der Waals surface area contributed by atoms with Gasteiger partial charge >= 0.3 is 0 Å². The summed E-state index contributed by atoms with van der Waals surface area (Å²) in [6.45, 7) is 8.23. The van der Waals surface area contributed by atoms with Crippen molar-refractivity contribution in [2.45, 2.75) is 39.0 Å². The van der Waals surface area contributed by atoms with Crippen LogP contribution < -0.4 is 5.32 Å². The Kier molecular flexibility index (Phi) is 2.10. The number of hydrogen-bond donors (Lipinski definition) is 1. The third-order valence-corrected chi connectivity index (χ3v) is 3.20. The molecule has 0 bridgehead atoms. The summed E-state index contributed by atoms with van der Waals surface area (Å²) in [6.07, 6.45) is 0. The fraction of sp³-hybridized carbons (Fsp3) is 0.462. The van der Waals surface area contributed by atoms with Gasteiger partial charge in [-0.2, -0.15) is 0 Å². The van der Waals surface area contributed by atoms with E-state index in [9.17, 15) is 4.79 Å². The van der Waals surface area contributed by atoms with Crippen LogP contribution in [-0.4, -0.2) is 5.91 Å². The van der Waals surface area contributed by atoms with E-state index in [1.807, 2.05) is 26.0 Å². The van der Waals surface area contributed by atoms with E-state index in [1.165, 1.54) is 5.56 Å². The number of carbonyl (C=O) groups is 1. The first kappa shape index (κ1) is 10.2. The first-order valence-electron chi connectivity index (χ1n) is 5.39. The van der Waals surface area contributed by atoms with Crippen LogP contribution in [0.5, 0.6) is 0 Å². The Labute approximate surface area is 90.7 Å². The van der Waals surface area contributed by atoms with Crippen LogP contribution in [0.25, 0.3) is 0 Å². The predicted molar refractivity (Wildman–Crippen MR) is 62.2 cm³/mol. The van der Waals surface area contributed by atoms with Crippen LogP contribution in [0.1, 0.15) is 44.7 Å². The van der Waals surface area contributed by atoms with Gasteiger partial charge in [-0.15, -0.1) is 0 Å². The molecule has 1 aromatic rings. The molecule has 0 aromatic heterocycles. The maximum atomic E-state index is 11.8. The minimum absolute atomic E-state index is 0.102. The molecule has 0 radical (unpaired) electrons. The van der Waals surface area contributed by atoms with Crippen molar-refractivity contribution >= 4 is 11.6 Å². The number of anilines is 1. The van der Waals surface area contributed by atoms with Crippen LogP contribution in [0.3, 0.4) is 0 Å². The second kappa shape index (κ2) is 3.09. The number of para-hydroxylation sites is 1. The summed E-state index contributed by atoms with van der Waals surface area (Å²) in [5, 5.41) is 3.00. The van der Waals surface area contributed by atoms with Crippen LogP contribution >= 0.6 is 0 Å². The number of amides is 1. The molecule has 0 saturated heterocycles. The van der Waals surface area contributed by atoms with Crippen molar-refractivity contribution in [3.05, 3.63) is 29.3 Å². The van der Waals surface area contributed by atoms with E-state index in [-0.39, 0.29) is 11.3 Å². The number of benzene rings is 1. The fourth-order valence-electron chi connectivity index (χ4n) is 2.10. The molecule has 2 heteroatoms. The molecule has 1 amide bonds. The number of rotatable bonds is 1. The monoisotopic (exact) mass is 203 g/mol. The zero-order valence-electron chi connectivity index (χ0n) is 9.72.